The van der Waals surface area contributed by atoms with E-state index < -0.39 is 0 Å². The molecule has 46 heavy (non-hydrogen) atoms. The fourth-order valence-corrected chi connectivity index (χ4v) is 4.28. The van der Waals surface area contributed by atoms with Gasteiger partial charge in [0.15, 0.2) is 0 Å². The van der Waals surface area contributed by atoms with E-state index in [0.717, 1.165) is 18.4 Å². The van der Waals surface area contributed by atoms with Crippen LogP contribution in [-0.4, -0.2) is 151 Å². The first-order valence-electron chi connectivity index (χ1n) is 17.8. The summed E-state index contributed by atoms with van der Waals surface area (Å²) in [6.45, 7) is 14.9. The Morgan fingerprint density at radius 2 is 0.435 bits per heavy atom. The molecule has 0 amide bonds. The number of rotatable bonds is 43. The highest BCUT2D eigenvalue weighted by molar-refractivity contribution is 9.09. The van der Waals surface area contributed by atoms with Crippen molar-refractivity contribution in [3.63, 3.8) is 0 Å². The molecule has 0 fully saturated rings. The number of halogens is 1. The lowest BCUT2D eigenvalue weighted by atomic mass is 10.1. The first-order valence-corrected chi connectivity index (χ1v) is 18.9. The van der Waals surface area contributed by atoms with Gasteiger partial charge >= 0.3 is 0 Å². The van der Waals surface area contributed by atoms with Crippen LogP contribution < -0.4 is 0 Å². The van der Waals surface area contributed by atoms with Gasteiger partial charge in [-0.1, -0.05) is 80.6 Å². The van der Waals surface area contributed by atoms with Gasteiger partial charge in [-0.05, 0) is 6.42 Å². The van der Waals surface area contributed by atoms with Crippen molar-refractivity contribution >= 4 is 15.9 Å². The second-order valence-corrected chi connectivity index (χ2v) is 11.4. The monoisotopic (exact) mass is 732 g/mol. The Kier molecular flexibility index (Phi) is 45.1. The lowest BCUT2D eigenvalue weighted by Gasteiger charge is -2.09. The van der Waals surface area contributed by atoms with Crippen molar-refractivity contribution in [3.8, 4) is 0 Å². The molecule has 12 heteroatoms. The second-order valence-electron chi connectivity index (χ2n) is 10.6. The van der Waals surface area contributed by atoms with Crippen LogP contribution in [0, 0.1) is 0 Å². The predicted molar refractivity (Wildman–Crippen MR) is 185 cm³/mol. The maximum atomic E-state index is 5.65. The molecule has 0 aliphatic heterocycles. The van der Waals surface area contributed by atoms with Crippen LogP contribution in [0.25, 0.3) is 0 Å². The fraction of sp³-hybridized carbons (Fsp3) is 1.00. The molecule has 0 radical (unpaired) electrons. The van der Waals surface area contributed by atoms with E-state index in [4.69, 9.17) is 52.1 Å². The third-order valence-electron chi connectivity index (χ3n) is 6.58. The Hall–Kier alpha value is 0.0400. The van der Waals surface area contributed by atoms with E-state index >= 15 is 0 Å². The minimum absolute atomic E-state index is 0.525. The van der Waals surface area contributed by atoms with Crippen molar-refractivity contribution in [1.82, 2.24) is 0 Å². The summed E-state index contributed by atoms with van der Waals surface area (Å²) in [5.74, 6) is 0. The van der Waals surface area contributed by atoms with Gasteiger partial charge in [0.2, 0.25) is 0 Å². The Morgan fingerprint density at radius 1 is 0.239 bits per heavy atom. The summed E-state index contributed by atoms with van der Waals surface area (Å²) in [7, 11) is 0. The molecule has 0 N–H and O–H groups in total. The first-order chi connectivity index (χ1) is 22.9. The van der Waals surface area contributed by atoms with Crippen molar-refractivity contribution < 1.29 is 52.1 Å². The summed E-state index contributed by atoms with van der Waals surface area (Å²) < 4.78 is 60.3. The van der Waals surface area contributed by atoms with Gasteiger partial charge in [0.05, 0.1) is 139 Å². The highest BCUT2D eigenvalue weighted by atomic mass is 79.9. The van der Waals surface area contributed by atoms with E-state index in [1.807, 2.05) is 0 Å². The van der Waals surface area contributed by atoms with E-state index in [9.17, 15) is 0 Å². The number of ether oxygens (including phenoxy) is 11. The summed E-state index contributed by atoms with van der Waals surface area (Å²) in [5.41, 5.74) is 0. The number of alkyl halides is 1. The van der Waals surface area contributed by atoms with Gasteiger partial charge < -0.3 is 52.1 Å². The maximum absolute atomic E-state index is 5.65. The molecule has 0 aliphatic rings. The van der Waals surface area contributed by atoms with Crippen molar-refractivity contribution in [2.75, 3.05) is 151 Å². The van der Waals surface area contributed by atoms with Crippen molar-refractivity contribution in [2.24, 2.45) is 0 Å². The smallest absolute Gasteiger partial charge is 0.0701 e. The SMILES string of the molecule is CCCCCCCCCCCCOCCOCCOCCOCCOCCOCCOCCOCCOCCOCCOCCBr. The first kappa shape index (κ1) is 46.0. The van der Waals surface area contributed by atoms with E-state index in [2.05, 4.69) is 22.9 Å². The largest absolute Gasteiger partial charge is 0.379 e. The lowest BCUT2D eigenvalue weighted by Crippen LogP contribution is -2.15. The van der Waals surface area contributed by atoms with Crippen molar-refractivity contribution in [2.45, 2.75) is 71.1 Å². The molecule has 0 saturated heterocycles. The molecule has 0 aliphatic carbocycles. The average molecular weight is 734 g/mol. The molecular formula is C34H69BrO11. The average Bonchev–Trinajstić information content (AvgIpc) is 3.07. The molecule has 0 aromatic carbocycles. The van der Waals surface area contributed by atoms with E-state index in [0.29, 0.717) is 139 Å². The summed E-state index contributed by atoms with van der Waals surface area (Å²) >= 11 is 3.30. The van der Waals surface area contributed by atoms with Crippen molar-refractivity contribution in [1.29, 1.82) is 0 Å². The van der Waals surface area contributed by atoms with Gasteiger partial charge in [-0.25, -0.2) is 0 Å². The van der Waals surface area contributed by atoms with Crippen LogP contribution in [0.5, 0.6) is 0 Å². The number of unbranched alkanes of at least 4 members (excludes halogenated alkanes) is 9. The third kappa shape index (κ3) is 44.0. The zero-order chi connectivity index (χ0) is 33.1. The molecule has 0 bridgehead atoms. The molecule has 11 nitrogen and oxygen atoms in total. The standard InChI is InChI=1S/C34H69BrO11/c1-2-3-4-5-6-7-8-9-10-11-13-36-15-17-38-19-21-40-23-25-42-27-29-44-31-33-46-34-32-45-30-28-43-26-24-41-22-20-39-18-16-37-14-12-35/h2-34H2,1H3. The second kappa shape index (κ2) is 45.0. The molecular weight excluding hydrogens is 664 g/mol. The molecule has 0 heterocycles. The van der Waals surface area contributed by atoms with Crippen LogP contribution in [0.1, 0.15) is 71.1 Å². The summed E-state index contributed by atoms with van der Waals surface area (Å²) in [6.07, 6.45) is 13.4. The summed E-state index contributed by atoms with van der Waals surface area (Å²) in [6, 6.07) is 0. The quantitative estimate of drug-likeness (QED) is 0.0588. The molecule has 0 rings (SSSR count). The number of hydrogen-bond donors (Lipinski definition) is 0. The molecule has 0 atom stereocenters. The summed E-state index contributed by atoms with van der Waals surface area (Å²) in [4.78, 5) is 0. The van der Waals surface area contributed by atoms with E-state index in [-0.39, 0.29) is 0 Å². The van der Waals surface area contributed by atoms with Crippen molar-refractivity contribution in [3.05, 3.63) is 0 Å². The Labute approximate surface area is 289 Å². The fourth-order valence-electron chi connectivity index (χ4n) is 4.05. The van der Waals surface area contributed by atoms with Crippen LogP contribution in [0.4, 0.5) is 0 Å². The van der Waals surface area contributed by atoms with E-state index in [1.54, 1.807) is 0 Å². The lowest BCUT2D eigenvalue weighted by molar-refractivity contribution is -0.0274. The molecule has 278 valence electrons. The van der Waals surface area contributed by atoms with Gasteiger partial charge in [0, 0.05) is 11.9 Å². The Bertz CT molecular complexity index is 479. The Balaban J connectivity index is 3.03. The van der Waals surface area contributed by atoms with Gasteiger partial charge in [-0.3, -0.25) is 0 Å². The highest BCUT2D eigenvalue weighted by Crippen LogP contribution is 2.10. The third-order valence-corrected chi connectivity index (χ3v) is 6.91. The van der Waals surface area contributed by atoms with Gasteiger partial charge in [-0.15, -0.1) is 0 Å². The minimum Gasteiger partial charge on any atom is -0.379 e. The van der Waals surface area contributed by atoms with Crippen LogP contribution in [0.15, 0.2) is 0 Å². The highest BCUT2D eigenvalue weighted by Gasteiger charge is 1.97. The van der Waals surface area contributed by atoms with Gasteiger partial charge in [0.1, 0.15) is 0 Å². The minimum atomic E-state index is 0.525. The number of hydrogen-bond acceptors (Lipinski definition) is 11. The maximum Gasteiger partial charge on any atom is 0.0701 e. The molecule has 0 unspecified atom stereocenters. The van der Waals surface area contributed by atoms with Crippen LogP contribution in [-0.2, 0) is 52.1 Å². The molecule has 0 saturated carbocycles. The normalized spacial score (nSPS) is 11.6. The molecule has 0 aromatic rings. The summed E-state index contributed by atoms with van der Waals surface area (Å²) in [5, 5.41) is 0.841. The van der Waals surface area contributed by atoms with E-state index in [1.165, 1.54) is 57.8 Å². The Morgan fingerprint density at radius 3 is 0.674 bits per heavy atom. The van der Waals surface area contributed by atoms with Crippen LogP contribution in [0.2, 0.25) is 0 Å². The van der Waals surface area contributed by atoms with Gasteiger partial charge in [0.25, 0.3) is 0 Å². The molecule has 0 aromatic heterocycles. The van der Waals surface area contributed by atoms with Gasteiger partial charge in [-0.2, -0.15) is 0 Å². The van der Waals surface area contributed by atoms with Crippen LogP contribution >= 0.6 is 15.9 Å². The zero-order valence-electron chi connectivity index (χ0n) is 29.2. The zero-order valence-corrected chi connectivity index (χ0v) is 30.8. The predicted octanol–water partition coefficient (Wildman–Crippen LogP) is 5.48. The van der Waals surface area contributed by atoms with Crippen LogP contribution in [0.3, 0.4) is 0 Å². The molecule has 0 spiro atoms. The topological polar surface area (TPSA) is 102 Å².